The van der Waals surface area contributed by atoms with Gasteiger partial charge < -0.3 is 10.4 Å². The Kier molecular flexibility index (Phi) is 3.97. The fraction of sp³-hybridized carbons (Fsp3) is 0.294. The molecule has 0 radical (unpaired) electrons. The highest BCUT2D eigenvalue weighted by Crippen LogP contribution is 2.32. The predicted octanol–water partition coefficient (Wildman–Crippen LogP) is 2.62. The molecule has 3 atom stereocenters. The lowest BCUT2D eigenvalue weighted by molar-refractivity contribution is -0.146. The number of carboxylic acids is 1. The molecule has 0 aliphatic heterocycles. The summed E-state index contributed by atoms with van der Waals surface area (Å²) in [6.45, 7) is 0. The fourth-order valence-corrected chi connectivity index (χ4v) is 2.80. The molecule has 4 nitrogen and oxygen atoms in total. The average molecular weight is 282 g/mol. The van der Waals surface area contributed by atoms with Gasteiger partial charge in [-0.2, -0.15) is 0 Å². The van der Waals surface area contributed by atoms with Gasteiger partial charge in [0, 0.05) is 18.4 Å². The summed E-state index contributed by atoms with van der Waals surface area (Å²) in [5.41, 5.74) is 2.24. The molecule has 1 aromatic carbocycles. The zero-order chi connectivity index (χ0) is 14.7. The Morgan fingerprint density at radius 1 is 1.10 bits per heavy atom. The normalized spacial score (nSPS) is 22.3. The van der Waals surface area contributed by atoms with Crippen LogP contribution in [0.5, 0.6) is 0 Å². The molecular weight excluding hydrogens is 264 g/mol. The number of aliphatic carboxylic acids is 1. The van der Waals surface area contributed by atoms with Crippen LogP contribution in [0.2, 0.25) is 0 Å². The molecule has 0 amide bonds. The van der Waals surface area contributed by atoms with E-state index < -0.39 is 5.97 Å². The zero-order valence-electron chi connectivity index (χ0n) is 11.6. The molecule has 1 fully saturated rings. The molecule has 1 aromatic heterocycles. The largest absolute Gasteiger partial charge is 0.481 e. The van der Waals surface area contributed by atoms with E-state index in [1.165, 1.54) is 0 Å². The molecule has 0 bridgehead atoms. The van der Waals surface area contributed by atoms with E-state index in [9.17, 15) is 9.90 Å². The molecule has 2 aromatic rings. The molecule has 1 saturated carbocycles. The van der Waals surface area contributed by atoms with Gasteiger partial charge in [-0.3, -0.25) is 9.78 Å². The van der Waals surface area contributed by atoms with Gasteiger partial charge in [0.05, 0.1) is 12.0 Å². The number of nitrogens with one attached hydrogen (secondary N) is 1. The van der Waals surface area contributed by atoms with E-state index in [-0.39, 0.29) is 18.0 Å². The maximum absolute atomic E-state index is 11.2. The number of hydrogen-bond acceptors (Lipinski definition) is 3. The minimum atomic E-state index is -0.708. The molecule has 0 spiro atoms. The van der Waals surface area contributed by atoms with Crippen molar-refractivity contribution in [1.82, 2.24) is 10.3 Å². The molecule has 108 valence electrons. The van der Waals surface area contributed by atoms with Crippen molar-refractivity contribution in [2.75, 3.05) is 0 Å². The second kappa shape index (κ2) is 6.06. The standard InChI is InChI=1S/C17H18N2O2/c20-17(21)14-6-7-15(14)19-16(12-4-2-1-3-5-12)13-8-10-18-11-9-13/h1-5,8-11,14-16,19H,6-7H2,(H,20,21). The lowest BCUT2D eigenvalue weighted by Crippen LogP contribution is -2.49. The Balaban J connectivity index is 1.85. The van der Waals surface area contributed by atoms with Crippen molar-refractivity contribution in [2.45, 2.75) is 24.9 Å². The van der Waals surface area contributed by atoms with Crippen LogP contribution in [-0.4, -0.2) is 22.1 Å². The van der Waals surface area contributed by atoms with Gasteiger partial charge in [-0.1, -0.05) is 30.3 Å². The van der Waals surface area contributed by atoms with Crippen molar-refractivity contribution in [3.63, 3.8) is 0 Å². The average Bonchev–Trinajstić information content (AvgIpc) is 2.48. The number of nitrogens with zero attached hydrogens (tertiary/aromatic N) is 1. The molecule has 1 aliphatic rings. The van der Waals surface area contributed by atoms with Crippen LogP contribution < -0.4 is 5.32 Å². The van der Waals surface area contributed by atoms with Crippen LogP contribution in [0.25, 0.3) is 0 Å². The van der Waals surface area contributed by atoms with E-state index in [1.54, 1.807) is 12.4 Å². The third-order valence-electron chi connectivity index (χ3n) is 4.14. The minimum Gasteiger partial charge on any atom is -0.481 e. The number of carbonyl (C=O) groups is 1. The van der Waals surface area contributed by atoms with Crippen LogP contribution in [0.3, 0.4) is 0 Å². The summed E-state index contributed by atoms with van der Waals surface area (Å²) in [5.74, 6) is -0.988. The van der Waals surface area contributed by atoms with Gasteiger partial charge >= 0.3 is 5.97 Å². The summed E-state index contributed by atoms with van der Waals surface area (Å²) in [6, 6.07) is 14.1. The van der Waals surface area contributed by atoms with Crippen molar-refractivity contribution in [3.05, 3.63) is 66.0 Å². The third-order valence-corrected chi connectivity index (χ3v) is 4.14. The molecular formula is C17H18N2O2. The molecule has 3 unspecified atom stereocenters. The first-order valence-corrected chi connectivity index (χ1v) is 7.19. The van der Waals surface area contributed by atoms with Gasteiger partial charge in [0.2, 0.25) is 0 Å². The van der Waals surface area contributed by atoms with Crippen molar-refractivity contribution in [2.24, 2.45) is 5.92 Å². The molecule has 2 N–H and O–H groups in total. The maximum Gasteiger partial charge on any atom is 0.308 e. The van der Waals surface area contributed by atoms with E-state index in [4.69, 9.17) is 0 Å². The number of pyridine rings is 1. The number of hydrogen-bond donors (Lipinski definition) is 2. The predicted molar refractivity (Wildman–Crippen MR) is 79.8 cm³/mol. The van der Waals surface area contributed by atoms with Gasteiger partial charge in [-0.05, 0) is 36.1 Å². The van der Waals surface area contributed by atoms with E-state index in [0.29, 0.717) is 0 Å². The lowest BCUT2D eigenvalue weighted by atomic mass is 9.78. The lowest BCUT2D eigenvalue weighted by Gasteiger charge is -2.37. The van der Waals surface area contributed by atoms with E-state index in [1.807, 2.05) is 30.3 Å². The summed E-state index contributed by atoms with van der Waals surface area (Å²) in [5, 5.41) is 12.7. The summed E-state index contributed by atoms with van der Waals surface area (Å²) < 4.78 is 0. The van der Waals surface area contributed by atoms with Gasteiger partial charge in [0.25, 0.3) is 0 Å². The number of carboxylic acid groups (broad SMARTS) is 1. The fourth-order valence-electron chi connectivity index (χ4n) is 2.80. The molecule has 4 heteroatoms. The first-order valence-electron chi connectivity index (χ1n) is 7.19. The summed E-state index contributed by atoms with van der Waals surface area (Å²) in [4.78, 5) is 15.3. The van der Waals surface area contributed by atoms with Crippen LogP contribution in [0.1, 0.15) is 30.0 Å². The monoisotopic (exact) mass is 282 g/mol. The van der Waals surface area contributed by atoms with Crippen LogP contribution >= 0.6 is 0 Å². The van der Waals surface area contributed by atoms with Gasteiger partial charge in [0.15, 0.2) is 0 Å². The highest BCUT2D eigenvalue weighted by Gasteiger charge is 2.37. The Morgan fingerprint density at radius 2 is 1.76 bits per heavy atom. The van der Waals surface area contributed by atoms with Crippen LogP contribution in [0.15, 0.2) is 54.9 Å². The Morgan fingerprint density at radius 3 is 2.33 bits per heavy atom. The van der Waals surface area contributed by atoms with Gasteiger partial charge in [-0.15, -0.1) is 0 Å². The maximum atomic E-state index is 11.2. The second-order valence-electron chi connectivity index (χ2n) is 5.42. The summed E-state index contributed by atoms with van der Waals surface area (Å²) in [6.07, 6.45) is 5.20. The SMILES string of the molecule is O=C(O)C1CCC1NC(c1ccccc1)c1ccncc1. The van der Waals surface area contributed by atoms with Crippen molar-refractivity contribution >= 4 is 5.97 Å². The van der Waals surface area contributed by atoms with Crippen LogP contribution in [0, 0.1) is 5.92 Å². The van der Waals surface area contributed by atoms with E-state index >= 15 is 0 Å². The van der Waals surface area contributed by atoms with Gasteiger partial charge in [-0.25, -0.2) is 0 Å². The first-order chi connectivity index (χ1) is 10.3. The number of benzene rings is 1. The Labute approximate surface area is 123 Å². The van der Waals surface area contributed by atoms with Crippen molar-refractivity contribution in [1.29, 1.82) is 0 Å². The molecule has 1 aliphatic carbocycles. The molecule has 21 heavy (non-hydrogen) atoms. The highest BCUT2D eigenvalue weighted by molar-refractivity contribution is 5.72. The van der Waals surface area contributed by atoms with Crippen LogP contribution in [-0.2, 0) is 4.79 Å². The smallest absolute Gasteiger partial charge is 0.308 e. The quantitative estimate of drug-likeness (QED) is 0.885. The molecule has 3 rings (SSSR count). The topological polar surface area (TPSA) is 62.2 Å². The van der Waals surface area contributed by atoms with Crippen LogP contribution in [0.4, 0.5) is 0 Å². The molecule has 0 saturated heterocycles. The van der Waals surface area contributed by atoms with Gasteiger partial charge in [0.1, 0.15) is 0 Å². The first kappa shape index (κ1) is 13.8. The van der Waals surface area contributed by atoms with E-state index in [2.05, 4.69) is 22.4 Å². The summed E-state index contributed by atoms with van der Waals surface area (Å²) in [7, 11) is 0. The highest BCUT2D eigenvalue weighted by atomic mass is 16.4. The minimum absolute atomic E-state index is 0.00125. The van der Waals surface area contributed by atoms with E-state index in [0.717, 1.165) is 24.0 Å². The zero-order valence-corrected chi connectivity index (χ0v) is 11.6. The van der Waals surface area contributed by atoms with Crippen molar-refractivity contribution in [3.8, 4) is 0 Å². The second-order valence-corrected chi connectivity index (χ2v) is 5.42. The number of rotatable bonds is 5. The third kappa shape index (κ3) is 2.95. The Hall–Kier alpha value is -2.20. The summed E-state index contributed by atoms with van der Waals surface area (Å²) >= 11 is 0. The van der Waals surface area contributed by atoms with Crippen molar-refractivity contribution < 1.29 is 9.90 Å². The Bertz CT molecular complexity index is 561. The number of aromatic nitrogens is 1. The molecule has 1 heterocycles.